The molecule has 1 fully saturated rings. The largest absolute Gasteiger partial charge is 0.269 e. The zero-order valence-corrected chi connectivity index (χ0v) is 14.3. The van der Waals surface area contributed by atoms with Gasteiger partial charge in [-0.1, -0.05) is 12.1 Å². The van der Waals surface area contributed by atoms with Gasteiger partial charge in [0.2, 0.25) is 0 Å². The molecule has 3 rings (SSSR count). The minimum atomic E-state index is -0.406. The van der Waals surface area contributed by atoms with Gasteiger partial charge in [0.1, 0.15) is 0 Å². The molecule has 130 valence electrons. The lowest BCUT2D eigenvalue weighted by molar-refractivity contribution is -0.384. The summed E-state index contributed by atoms with van der Waals surface area (Å²) < 4.78 is 0. The number of hydrogen-bond acceptors (Lipinski definition) is 5. The molecule has 2 unspecified atom stereocenters. The Kier molecular flexibility index (Phi) is 5.21. The van der Waals surface area contributed by atoms with E-state index in [0.29, 0.717) is 18.0 Å². The molecule has 0 saturated carbocycles. The number of nitro groups is 1. The Morgan fingerprint density at radius 1 is 1.04 bits per heavy atom. The maximum atomic E-state index is 10.7. The van der Waals surface area contributed by atoms with Crippen molar-refractivity contribution in [2.75, 3.05) is 0 Å². The van der Waals surface area contributed by atoms with Gasteiger partial charge in [-0.2, -0.15) is 0 Å². The van der Waals surface area contributed by atoms with Crippen LogP contribution in [0.1, 0.15) is 25.0 Å². The van der Waals surface area contributed by atoms with Gasteiger partial charge in [-0.05, 0) is 61.6 Å². The predicted molar refractivity (Wildman–Crippen MR) is 99.2 cm³/mol. The molecule has 2 N–H and O–H groups in total. The van der Waals surface area contributed by atoms with Crippen molar-refractivity contribution in [3.05, 3.63) is 69.8 Å². The highest BCUT2D eigenvalue weighted by molar-refractivity contribution is 5.82. The zero-order chi connectivity index (χ0) is 17.8. The summed E-state index contributed by atoms with van der Waals surface area (Å²) in [5.74, 6) is 0.564. The highest BCUT2D eigenvalue weighted by Crippen LogP contribution is 2.22. The molecule has 6 heteroatoms. The molecular weight excluding hydrogens is 316 g/mol. The number of aliphatic imine (C=N–C) groups is 1. The van der Waals surface area contributed by atoms with Crippen molar-refractivity contribution < 1.29 is 4.92 Å². The quantitative estimate of drug-likeness (QED) is 0.497. The first-order chi connectivity index (χ1) is 12.0. The highest BCUT2D eigenvalue weighted by atomic mass is 16.6. The standard InChI is InChI=1S/C19H22N4O2/c1-13-19(14(2)22-21-13)11-15-3-7-17(8-4-15)20-12-16-5-9-18(10-6-16)23(24)25/h3-10,12-14,19,21-22H,11H2,1-2H3. The molecule has 1 aliphatic heterocycles. The third-order valence-electron chi connectivity index (χ3n) is 4.70. The minimum Gasteiger partial charge on any atom is -0.258 e. The van der Waals surface area contributed by atoms with Crippen LogP contribution in [0.15, 0.2) is 53.5 Å². The first kappa shape index (κ1) is 17.3. The summed E-state index contributed by atoms with van der Waals surface area (Å²) in [6, 6.07) is 15.5. The van der Waals surface area contributed by atoms with E-state index in [0.717, 1.165) is 17.7 Å². The summed E-state index contributed by atoms with van der Waals surface area (Å²) in [4.78, 5) is 14.7. The van der Waals surface area contributed by atoms with Gasteiger partial charge in [-0.15, -0.1) is 0 Å². The van der Waals surface area contributed by atoms with Crippen LogP contribution in [0, 0.1) is 16.0 Å². The second kappa shape index (κ2) is 7.55. The lowest BCUT2D eigenvalue weighted by atomic mass is 9.89. The fraction of sp³-hybridized carbons (Fsp3) is 0.316. The van der Waals surface area contributed by atoms with Gasteiger partial charge in [0, 0.05) is 30.4 Å². The number of nitrogens with zero attached hydrogens (tertiary/aromatic N) is 2. The first-order valence-electron chi connectivity index (χ1n) is 8.41. The minimum absolute atomic E-state index is 0.0841. The number of nitro benzene ring substituents is 1. The molecule has 0 bridgehead atoms. The predicted octanol–water partition coefficient (Wildman–Crippen LogP) is 3.39. The van der Waals surface area contributed by atoms with Crippen molar-refractivity contribution >= 4 is 17.6 Å². The maximum Gasteiger partial charge on any atom is 0.269 e. The van der Waals surface area contributed by atoms with Crippen LogP contribution in [0.4, 0.5) is 11.4 Å². The van der Waals surface area contributed by atoms with E-state index in [2.05, 4.69) is 41.8 Å². The summed E-state index contributed by atoms with van der Waals surface area (Å²) in [6.07, 6.45) is 2.74. The SMILES string of the molecule is CC1NNC(C)C1Cc1ccc(N=Cc2ccc([N+](=O)[O-])cc2)cc1. The van der Waals surface area contributed by atoms with Crippen LogP contribution in [0.5, 0.6) is 0 Å². The average Bonchev–Trinajstić information content (AvgIpc) is 2.93. The van der Waals surface area contributed by atoms with E-state index >= 15 is 0 Å². The number of non-ortho nitro benzene ring substituents is 1. The summed E-state index contributed by atoms with van der Waals surface area (Å²) in [6.45, 7) is 4.40. The number of hydrogen-bond donors (Lipinski definition) is 2. The van der Waals surface area contributed by atoms with E-state index in [-0.39, 0.29) is 5.69 Å². The van der Waals surface area contributed by atoms with Gasteiger partial charge in [-0.3, -0.25) is 26.0 Å². The number of nitrogens with one attached hydrogen (secondary N) is 2. The van der Waals surface area contributed by atoms with Crippen molar-refractivity contribution in [1.82, 2.24) is 10.9 Å². The summed E-state index contributed by atoms with van der Waals surface area (Å²) >= 11 is 0. The third-order valence-corrected chi connectivity index (χ3v) is 4.70. The number of hydrazine groups is 1. The lowest BCUT2D eigenvalue weighted by Gasteiger charge is -2.17. The van der Waals surface area contributed by atoms with Crippen LogP contribution in [0.3, 0.4) is 0 Å². The van der Waals surface area contributed by atoms with Crippen LogP contribution in [0.2, 0.25) is 0 Å². The Balaban J connectivity index is 1.63. The van der Waals surface area contributed by atoms with Crippen molar-refractivity contribution in [3.8, 4) is 0 Å². The molecule has 0 aromatic heterocycles. The molecule has 25 heavy (non-hydrogen) atoms. The smallest absolute Gasteiger partial charge is 0.258 e. The maximum absolute atomic E-state index is 10.7. The topological polar surface area (TPSA) is 79.6 Å². The average molecular weight is 338 g/mol. The lowest BCUT2D eigenvalue weighted by Crippen LogP contribution is -2.30. The van der Waals surface area contributed by atoms with Crippen LogP contribution in [0.25, 0.3) is 0 Å². The molecule has 0 radical (unpaired) electrons. The molecule has 1 aliphatic rings. The fourth-order valence-electron chi connectivity index (χ4n) is 3.08. The number of benzene rings is 2. The fourth-order valence-corrected chi connectivity index (χ4v) is 3.08. The van der Waals surface area contributed by atoms with Gasteiger partial charge < -0.3 is 0 Å². The summed E-state index contributed by atoms with van der Waals surface area (Å²) in [5.41, 5.74) is 9.65. The zero-order valence-electron chi connectivity index (χ0n) is 14.3. The van der Waals surface area contributed by atoms with E-state index in [1.807, 2.05) is 12.1 Å². The highest BCUT2D eigenvalue weighted by Gasteiger charge is 2.29. The Hall–Kier alpha value is -2.57. The van der Waals surface area contributed by atoms with Gasteiger partial charge in [0.25, 0.3) is 5.69 Å². The van der Waals surface area contributed by atoms with Crippen molar-refractivity contribution in [2.24, 2.45) is 10.9 Å². The molecule has 1 heterocycles. The van der Waals surface area contributed by atoms with Gasteiger partial charge in [0.15, 0.2) is 0 Å². The van der Waals surface area contributed by atoms with Crippen LogP contribution in [-0.2, 0) is 6.42 Å². The summed E-state index contributed by atoms with van der Waals surface area (Å²) in [7, 11) is 0. The van der Waals surface area contributed by atoms with Crippen LogP contribution in [-0.4, -0.2) is 23.2 Å². The molecule has 0 amide bonds. The van der Waals surface area contributed by atoms with E-state index < -0.39 is 4.92 Å². The normalized spacial score (nSPS) is 23.2. The molecule has 1 saturated heterocycles. The third kappa shape index (κ3) is 4.29. The van der Waals surface area contributed by atoms with Crippen LogP contribution < -0.4 is 10.9 Å². The van der Waals surface area contributed by atoms with Gasteiger partial charge >= 0.3 is 0 Å². The Morgan fingerprint density at radius 3 is 2.20 bits per heavy atom. The molecule has 6 nitrogen and oxygen atoms in total. The van der Waals surface area contributed by atoms with Gasteiger partial charge in [-0.25, -0.2) is 0 Å². The second-order valence-corrected chi connectivity index (χ2v) is 6.51. The van der Waals surface area contributed by atoms with Crippen molar-refractivity contribution in [1.29, 1.82) is 0 Å². The van der Waals surface area contributed by atoms with E-state index in [9.17, 15) is 10.1 Å². The molecule has 2 atom stereocenters. The molecule has 0 aliphatic carbocycles. The van der Waals surface area contributed by atoms with Crippen molar-refractivity contribution in [3.63, 3.8) is 0 Å². The van der Waals surface area contributed by atoms with Crippen molar-refractivity contribution in [2.45, 2.75) is 32.4 Å². The Labute approximate surface area is 147 Å². The Morgan fingerprint density at radius 2 is 1.64 bits per heavy atom. The van der Waals surface area contributed by atoms with E-state index in [1.165, 1.54) is 17.7 Å². The Bertz CT molecular complexity index is 746. The first-order valence-corrected chi connectivity index (χ1v) is 8.41. The second-order valence-electron chi connectivity index (χ2n) is 6.51. The van der Waals surface area contributed by atoms with E-state index in [4.69, 9.17) is 0 Å². The summed E-state index contributed by atoms with van der Waals surface area (Å²) in [5, 5.41) is 10.7. The van der Waals surface area contributed by atoms with Gasteiger partial charge in [0.05, 0.1) is 10.6 Å². The number of rotatable bonds is 5. The molecule has 2 aromatic carbocycles. The molecular formula is C19H22N4O2. The van der Waals surface area contributed by atoms with E-state index in [1.54, 1.807) is 18.3 Å². The monoisotopic (exact) mass is 338 g/mol. The molecule has 0 spiro atoms. The van der Waals surface area contributed by atoms with Crippen LogP contribution >= 0.6 is 0 Å². The molecule has 2 aromatic rings.